The van der Waals surface area contributed by atoms with Gasteiger partial charge < -0.3 is 5.73 Å². The van der Waals surface area contributed by atoms with Gasteiger partial charge in [0.15, 0.2) is 0 Å². The highest BCUT2D eigenvalue weighted by Crippen LogP contribution is 2.13. The highest BCUT2D eigenvalue weighted by molar-refractivity contribution is 7.09. The van der Waals surface area contributed by atoms with Gasteiger partial charge in [-0.3, -0.25) is 4.98 Å². The second-order valence-electron chi connectivity index (χ2n) is 4.95. The standard InChI is InChI=1S/C16H22N2S/c1-2-13-8-9-15(18-12-13)11-14(17)5-3-6-16-7-4-10-19-16/h4,7-10,12,14H,2-3,5-6,11,17H2,1H3. The molecule has 0 aliphatic heterocycles. The lowest BCUT2D eigenvalue weighted by molar-refractivity contribution is 0.575. The van der Waals surface area contributed by atoms with E-state index in [0.717, 1.165) is 37.8 Å². The molecule has 1 atom stereocenters. The van der Waals surface area contributed by atoms with Crippen LogP contribution in [0, 0.1) is 0 Å². The third-order valence-corrected chi connectivity index (χ3v) is 4.28. The van der Waals surface area contributed by atoms with Crippen LogP contribution in [0.15, 0.2) is 35.8 Å². The predicted octanol–water partition coefficient (Wildman–Crippen LogP) is 3.60. The van der Waals surface area contributed by atoms with Gasteiger partial charge in [0, 0.05) is 29.2 Å². The Morgan fingerprint density at radius 3 is 2.84 bits per heavy atom. The quantitative estimate of drug-likeness (QED) is 0.838. The summed E-state index contributed by atoms with van der Waals surface area (Å²) in [7, 11) is 0. The van der Waals surface area contributed by atoms with E-state index in [4.69, 9.17) is 5.73 Å². The van der Waals surface area contributed by atoms with Gasteiger partial charge in [-0.1, -0.05) is 19.1 Å². The van der Waals surface area contributed by atoms with E-state index in [0.29, 0.717) is 0 Å². The molecule has 0 radical (unpaired) electrons. The second-order valence-corrected chi connectivity index (χ2v) is 5.98. The fourth-order valence-electron chi connectivity index (χ4n) is 2.15. The molecule has 0 bridgehead atoms. The Bertz CT molecular complexity index is 462. The van der Waals surface area contributed by atoms with Gasteiger partial charge >= 0.3 is 0 Å². The summed E-state index contributed by atoms with van der Waals surface area (Å²) in [5, 5.41) is 2.13. The fraction of sp³-hybridized carbons (Fsp3) is 0.438. The zero-order valence-corrected chi connectivity index (χ0v) is 12.3. The molecule has 0 aromatic carbocycles. The maximum Gasteiger partial charge on any atom is 0.0419 e. The van der Waals surface area contributed by atoms with Gasteiger partial charge in [0.2, 0.25) is 0 Å². The third kappa shape index (κ3) is 4.77. The van der Waals surface area contributed by atoms with Gasteiger partial charge in [-0.25, -0.2) is 0 Å². The van der Waals surface area contributed by atoms with E-state index in [1.54, 1.807) is 0 Å². The summed E-state index contributed by atoms with van der Waals surface area (Å²) < 4.78 is 0. The molecule has 0 saturated heterocycles. The van der Waals surface area contributed by atoms with Crippen molar-refractivity contribution >= 4 is 11.3 Å². The predicted molar refractivity (Wildman–Crippen MR) is 82.6 cm³/mol. The first-order valence-corrected chi connectivity index (χ1v) is 7.87. The summed E-state index contributed by atoms with van der Waals surface area (Å²) in [6.07, 6.45) is 7.26. The number of thiophene rings is 1. The van der Waals surface area contributed by atoms with Crippen LogP contribution in [0.2, 0.25) is 0 Å². The Hall–Kier alpha value is -1.19. The van der Waals surface area contributed by atoms with Crippen LogP contribution in [0.4, 0.5) is 0 Å². The van der Waals surface area contributed by atoms with Gasteiger partial charge in [-0.2, -0.15) is 0 Å². The van der Waals surface area contributed by atoms with E-state index in [-0.39, 0.29) is 6.04 Å². The summed E-state index contributed by atoms with van der Waals surface area (Å²) in [4.78, 5) is 5.93. The number of rotatable bonds is 7. The van der Waals surface area contributed by atoms with Crippen LogP contribution in [0.3, 0.4) is 0 Å². The van der Waals surface area contributed by atoms with E-state index in [2.05, 4.69) is 41.6 Å². The van der Waals surface area contributed by atoms with Crippen molar-refractivity contribution in [2.75, 3.05) is 0 Å². The minimum Gasteiger partial charge on any atom is -0.327 e. The van der Waals surface area contributed by atoms with Crippen molar-refractivity contribution in [3.8, 4) is 0 Å². The third-order valence-electron chi connectivity index (χ3n) is 3.34. The molecule has 0 aliphatic carbocycles. The average molecular weight is 274 g/mol. The monoisotopic (exact) mass is 274 g/mol. The zero-order chi connectivity index (χ0) is 13.5. The van der Waals surface area contributed by atoms with E-state index in [9.17, 15) is 0 Å². The van der Waals surface area contributed by atoms with Gasteiger partial charge in [-0.15, -0.1) is 11.3 Å². The number of hydrogen-bond donors (Lipinski definition) is 1. The number of hydrogen-bond acceptors (Lipinski definition) is 3. The Morgan fingerprint density at radius 2 is 2.21 bits per heavy atom. The topological polar surface area (TPSA) is 38.9 Å². The van der Waals surface area contributed by atoms with E-state index >= 15 is 0 Å². The van der Waals surface area contributed by atoms with Crippen molar-refractivity contribution in [2.24, 2.45) is 5.73 Å². The molecular weight excluding hydrogens is 252 g/mol. The van der Waals surface area contributed by atoms with E-state index in [1.807, 2.05) is 17.5 Å². The van der Waals surface area contributed by atoms with Crippen LogP contribution in [-0.2, 0) is 19.3 Å². The molecule has 2 aromatic heterocycles. The summed E-state index contributed by atoms with van der Waals surface area (Å²) in [5.74, 6) is 0. The maximum absolute atomic E-state index is 6.18. The average Bonchev–Trinajstić information content (AvgIpc) is 2.93. The lowest BCUT2D eigenvalue weighted by atomic mass is 10.0. The van der Waals surface area contributed by atoms with Gasteiger partial charge in [0.05, 0.1) is 0 Å². The Labute approximate surface area is 119 Å². The molecule has 2 nitrogen and oxygen atoms in total. The van der Waals surface area contributed by atoms with Gasteiger partial charge in [0.25, 0.3) is 0 Å². The normalized spacial score (nSPS) is 12.5. The molecule has 0 amide bonds. The Kier molecular flexibility index (Phi) is 5.55. The van der Waals surface area contributed by atoms with Crippen LogP contribution in [-0.4, -0.2) is 11.0 Å². The highest BCUT2D eigenvalue weighted by atomic mass is 32.1. The molecule has 0 spiro atoms. The molecule has 1 unspecified atom stereocenters. The summed E-state index contributed by atoms with van der Waals surface area (Å²) in [5.41, 5.74) is 8.58. The maximum atomic E-state index is 6.18. The number of aromatic nitrogens is 1. The molecule has 2 N–H and O–H groups in total. The van der Waals surface area contributed by atoms with E-state index < -0.39 is 0 Å². The zero-order valence-electron chi connectivity index (χ0n) is 11.5. The van der Waals surface area contributed by atoms with Crippen molar-refractivity contribution in [1.29, 1.82) is 0 Å². The summed E-state index contributed by atoms with van der Waals surface area (Å²) >= 11 is 1.83. The fourth-order valence-corrected chi connectivity index (χ4v) is 2.90. The second kappa shape index (κ2) is 7.41. The molecule has 0 saturated carbocycles. The molecule has 2 rings (SSSR count). The van der Waals surface area contributed by atoms with E-state index in [1.165, 1.54) is 10.4 Å². The van der Waals surface area contributed by atoms with Crippen molar-refractivity contribution in [1.82, 2.24) is 4.98 Å². The lowest BCUT2D eigenvalue weighted by Crippen LogP contribution is -2.23. The smallest absolute Gasteiger partial charge is 0.0419 e. The molecule has 0 aliphatic rings. The lowest BCUT2D eigenvalue weighted by Gasteiger charge is -2.10. The minimum absolute atomic E-state index is 0.222. The first-order chi connectivity index (χ1) is 9.28. The first kappa shape index (κ1) is 14.2. The number of nitrogens with two attached hydrogens (primary N) is 1. The van der Waals surface area contributed by atoms with Crippen LogP contribution in [0.1, 0.15) is 35.9 Å². The SMILES string of the molecule is CCc1ccc(CC(N)CCCc2cccs2)nc1. The van der Waals surface area contributed by atoms with Crippen molar-refractivity contribution < 1.29 is 0 Å². The molecule has 2 heterocycles. The van der Waals surface area contributed by atoms with Gasteiger partial charge in [0.1, 0.15) is 0 Å². The van der Waals surface area contributed by atoms with Crippen molar-refractivity contribution in [3.05, 3.63) is 52.0 Å². The minimum atomic E-state index is 0.222. The Balaban J connectivity index is 1.72. The Morgan fingerprint density at radius 1 is 1.32 bits per heavy atom. The molecule has 19 heavy (non-hydrogen) atoms. The molecule has 0 fully saturated rings. The highest BCUT2D eigenvalue weighted by Gasteiger charge is 2.05. The molecule has 102 valence electrons. The number of pyridine rings is 1. The molecular formula is C16H22N2S. The number of nitrogens with zero attached hydrogens (tertiary/aromatic N) is 1. The van der Waals surface area contributed by atoms with Crippen LogP contribution in [0.25, 0.3) is 0 Å². The molecule has 3 heteroatoms. The largest absolute Gasteiger partial charge is 0.327 e. The van der Waals surface area contributed by atoms with Crippen molar-refractivity contribution in [2.45, 2.75) is 45.1 Å². The first-order valence-electron chi connectivity index (χ1n) is 6.99. The van der Waals surface area contributed by atoms with Crippen molar-refractivity contribution in [3.63, 3.8) is 0 Å². The van der Waals surface area contributed by atoms with Crippen LogP contribution in [0.5, 0.6) is 0 Å². The summed E-state index contributed by atoms with van der Waals surface area (Å²) in [6, 6.07) is 8.79. The number of aryl methyl sites for hydroxylation is 2. The summed E-state index contributed by atoms with van der Waals surface area (Å²) in [6.45, 7) is 2.15. The van der Waals surface area contributed by atoms with Crippen LogP contribution < -0.4 is 5.73 Å². The van der Waals surface area contributed by atoms with Crippen LogP contribution >= 0.6 is 11.3 Å². The molecule has 2 aromatic rings. The van der Waals surface area contributed by atoms with Gasteiger partial charge in [-0.05, 0) is 48.8 Å².